The standard InChI is InChI=1S/C11H24N4O2/c1-5-6-13-10(16)7-14-11(12-3)15-9(2)8-17-4/h9H,5-8H2,1-4H3,(H,13,16)(H2,12,14,15). The number of nitrogens with one attached hydrogen (secondary N) is 3. The molecule has 0 aromatic heterocycles. The summed E-state index contributed by atoms with van der Waals surface area (Å²) in [5.41, 5.74) is 0. The predicted octanol–water partition coefficient (Wildman–Crippen LogP) is -0.287. The van der Waals surface area contributed by atoms with Crippen molar-refractivity contribution in [2.24, 2.45) is 4.99 Å². The molecule has 0 rings (SSSR count). The monoisotopic (exact) mass is 244 g/mol. The number of carbonyl (C=O) groups excluding carboxylic acids is 1. The summed E-state index contributed by atoms with van der Waals surface area (Å²) in [6.07, 6.45) is 0.934. The van der Waals surface area contributed by atoms with Gasteiger partial charge in [0.1, 0.15) is 0 Å². The Balaban J connectivity index is 3.86. The zero-order chi connectivity index (χ0) is 13.1. The summed E-state index contributed by atoms with van der Waals surface area (Å²) in [6.45, 7) is 5.50. The molecule has 0 spiro atoms. The highest BCUT2D eigenvalue weighted by atomic mass is 16.5. The number of rotatable bonds is 7. The fraction of sp³-hybridized carbons (Fsp3) is 0.818. The first-order chi connectivity index (χ1) is 8.13. The summed E-state index contributed by atoms with van der Waals surface area (Å²) >= 11 is 0. The molecule has 1 amide bonds. The molecule has 0 radical (unpaired) electrons. The van der Waals surface area contributed by atoms with Crippen molar-refractivity contribution < 1.29 is 9.53 Å². The summed E-state index contributed by atoms with van der Waals surface area (Å²) in [5, 5.41) is 8.83. The molecule has 0 aromatic rings. The van der Waals surface area contributed by atoms with E-state index in [1.807, 2.05) is 13.8 Å². The van der Waals surface area contributed by atoms with Gasteiger partial charge in [0.05, 0.1) is 13.2 Å². The minimum Gasteiger partial charge on any atom is -0.383 e. The van der Waals surface area contributed by atoms with Crippen LogP contribution in [0.5, 0.6) is 0 Å². The van der Waals surface area contributed by atoms with Gasteiger partial charge in [0, 0.05) is 26.7 Å². The van der Waals surface area contributed by atoms with Crippen LogP contribution in [0.4, 0.5) is 0 Å². The molecule has 0 heterocycles. The van der Waals surface area contributed by atoms with Crippen LogP contribution < -0.4 is 16.0 Å². The van der Waals surface area contributed by atoms with Gasteiger partial charge in [-0.3, -0.25) is 9.79 Å². The van der Waals surface area contributed by atoms with Crippen molar-refractivity contribution in [1.29, 1.82) is 0 Å². The number of hydrogen-bond donors (Lipinski definition) is 3. The van der Waals surface area contributed by atoms with E-state index in [1.165, 1.54) is 0 Å². The van der Waals surface area contributed by atoms with Crippen LogP contribution in [0.2, 0.25) is 0 Å². The van der Waals surface area contributed by atoms with Crippen LogP contribution in [-0.4, -0.2) is 51.8 Å². The Hall–Kier alpha value is -1.30. The molecule has 1 unspecified atom stereocenters. The first kappa shape index (κ1) is 15.7. The maximum Gasteiger partial charge on any atom is 0.239 e. The maximum absolute atomic E-state index is 11.4. The Morgan fingerprint density at radius 2 is 2.12 bits per heavy atom. The lowest BCUT2D eigenvalue weighted by Gasteiger charge is -2.16. The second kappa shape index (κ2) is 9.89. The number of guanidine groups is 1. The highest BCUT2D eigenvalue weighted by Crippen LogP contribution is 1.82. The van der Waals surface area contributed by atoms with E-state index in [1.54, 1.807) is 14.2 Å². The molecule has 100 valence electrons. The van der Waals surface area contributed by atoms with E-state index in [2.05, 4.69) is 20.9 Å². The first-order valence-electron chi connectivity index (χ1n) is 5.86. The number of ether oxygens (including phenoxy) is 1. The lowest BCUT2D eigenvalue weighted by atomic mass is 10.4. The quantitative estimate of drug-likeness (QED) is 0.425. The number of methoxy groups -OCH3 is 1. The SMILES string of the molecule is CCCNC(=O)CNC(=NC)NC(C)COC. The van der Waals surface area contributed by atoms with Crippen LogP contribution in [0.3, 0.4) is 0 Å². The van der Waals surface area contributed by atoms with E-state index in [9.17, 15) is 4.79 Å². The fourth-order valence-electron chi connectivity index (χ4n) is 1.21. The van der Waals surface area contributed by atoms with Crippen LogP contribution in [-0.2, 0) is 9.53 Å². The molecule has 17 heavy (non-hydrogen) atoms. The third-order valence-corrected chi connectivity index (χ3v) is 2.01. The van der Waals surface area contributed by atoms with E-state index < -0.39 is 0 Å². The second-order valence-corrected chi connectivity index (χ2v) is 3.78. The van der Waals surface area contributed by atoms with Gasteiger partial charge < -0.3 is 20.7 Å². The number of carbonyl (C=O) groups is 1. The number of amides is 1. The normalized spacial score (nSPS) is 13.1. The Labute approximate surface area is 103 Å². The number of nitrogens with zero attached hydrogens (tertiary/aromatic N) is 1. The number of aliphatic imine (C=N–C) groups is 1. The van der Waals surface area contributed by atoms with E-state index in [-0.39, 0.29) is 18.5 Å². The third kappa shape index (κ3) is 8.50. The molecule has 0 fully saturated rings. The van der Waals surface area contributed by atoms with E-state index in [4.69, 9.17) is 4.74 Å². The Kier molecular flexibility index (Phi) is 9.14. The van der Waals surface area contributed by atoms with Gasteiger partial charge >= 0.3 is 0 Å². The molecule has 0 aliphatic heterocycles. The molecule has 0 saturated carbocycles. The van der Waals surface area contributed by atoms with Crippen LogP contribution in [0, 0.1) is 0 Å². The van der Waals surface area contributed by atoms with Gasteiger partial charge in [-0.2, -0.15) is 0 Å². The number of hydrogen-bond acceptors (Lipinski definition) is 3. The molecular formula is C11H24N4O2. The van der Waals surface area contributed by atoms with Crippen molar-refractivity contribution in [3.05, 3.63) is 0 Å². The lowest BCUT2D eigenvalue weighted by Crippen LogP contribution is -2.47. The molecule has 0 aliphatic rings. The average Bonchev–Trinajstić information content (AvgIpc) is 2.32. The predicted molar refractivity (Wildman–Crippen MR) is 69.1 cm³/mol. The molecule has 0 saturated heterocycles. The van der Waals surface area contributed by atoms with Crippen LogP contribution in [0.1, 0.15) is 20.3 Å². The molecule has 0 aliphatic carbocycles. The largest absolute Gasteiger partial charge is 0.383 e. The Bertz CT molecular complexity index is 244. The van der Waals surface area contributed by atoms with Crippen molar-refractivity contribution in [3.63, 3.8) is 0 Å². The Morgan fingerprint density at radius 1 is 1.41 bits per heavy atom. The molecule has 6 heteroatoms. The van der Waals surface area contributed by atoms with Crippen molar-refractivity contribution in [2.45, 2.75) is 26.3 Å². The van der Waals surface area contributed by atoms with Gasteiger partial charge in [-0.15, -0.1) is 0 Å². The summed E-state index contributed by atoms with van der Waals surface area (Å²) in [7, 11) is 3.31. The zero-order valence-electron chi connectivity index (χ0n) is 11.2. The first-order valence-corrected chi connectivity index (χ1v) is 5.86. The molecule has 1 atom stereocenters. The molecule has 0 aromatic carbocycles. The van der Waals surface area contributed by atoms with Crippen LogP contribution >= 0.6 is 0 Å². The summed E-state index contributed by atoms with van der Waals surface area (Å²) in [5.74, 6) is 0.565. The molecule has 0 bridgehead atoms. The topological polar surface area (TPSA) is 74.8 Å². The smallest absolute Gasteiger partial charge is 0.239 e. The highest BCUT2D eigenvalue weighted by molar-refractivity contribution is 5.86. The summed E-state index contributed by atoms with van der Waals surface area (Å²) < 4.78 is 5.00. The molecule has 6 nitrogen and oxygen atoms in total. The summed E-state index contributed by atoms with van der Waals surface area (Å²) in [6, 6.07) is 0.143. The Morgan fingerprint density at radius 3 is 2.65 bits per heavy atom. The van der Waals surface area contributed by atoms with Gasteiger partial charge in [-0.05, 0) is 13.3 Å². The van der Waals surface area contributed by atoms with Gasteiger partial charge in [0.2, 0.25) is 5.91 Å². The van der Waals surface area contributed by atoms with Crippen molar-refractivity contribution in [3.8, 4) is 0 Å². The van der Waals surface area contributed by atoms with Crippen molar-refractivity contribution >= 4 is 11.9 Å². The second-order valence-electron chi connectivity index (χ2n) is 3.78. The van der Waals surface area contributed by atoms with Crippen molar-refractivity contribution in [1.82, 2.24) is 16.0 Å². The minimum absolute atomic E-state index is 0.0332. The van der Waals surface area contributed by atoms with E-state index >= 15 is 0 Å². The summed E-state index contributed by atoms with van der Waals surface area (Å²) in [4.78, 5) is 15.4. The maximum atomic E-state index is 11.4. The highest BCUT2D eigenvalue weighted by Gasteiger charge is 2.06. The van der Waals surface area contributed by atoms with E-state index in [0.29, 0.717) is 19.1 Å². The van der Waals surface area contributed by atoms with E-state index in [0.717, 1.165) is 6.42 Å². The zero-order valence-corrected chi connectivity index (χ0v) is 11.2. The van der Waals surface area contributed by atoms with Gasteiger partial charge in [0.25, 0.3) is 0 Å². The minimum atomic E-state index is -0.0332. The lowest BCUT2D eigenvalue weighted by molar-refractivity contribution is -0.120. The average molecular weight is 244 g/mol. The molecule has 3 N–H and O–H groups in total. The van der Waals surface area contributed by atoms with Gasteiger partial charge in [-0.25, -0.2) is 0 Å². The third-order valence-electron chi connectivity index (χ3n) is 2.01. The van der Waals surface area contributed by atoms with Crippen molar-refractivity contribution in [2.75, 3.05) is 33.9 Å². The fourth-order valence-corrected chi connectivity index (χ4v) is 1.21. The molecular weight excluding hydrogens is 220 g/mol. The van der Waals surface area contributed by atoms with Gasteiger partial charge in [0.15, 0.2) is 5.96 Å². The van der Waals surface area contributed by atoms with Crippen LogP contribution in [0.25, 0.3) is 0 Å². The van der Waals surface area contributed by atoms with Gasteiger partial charge in [-0.1, -0.05) is 6.92 Å². The van der Waals surface area contributed by atoms with Crippen LogP contribution in [0.15, 0.2) is 4.99 Å².